The molecule has 1 N–H and O–H groups in total. The van der Waals surface area contributed by atoms with Crippen LogP contribution in [0.2, 0.25) is 0 Å². The quantitative estimate of drug-likeness (QED) is 0.194. The van der Waals surface area contributed by atoms with Crippen LogP contribution < -0.4 is 4.72 Å². The maximum absolute atomic E-state index is 14.3. The minimum Gasteiger partial charge on any atom is -0.335 e. The number of hydrogen-bond donors (Lipinski definition) is 1. The van der Waals surface area contributed by atoms with E-state index in [4.69, 9.17) is 0 Å². The van der Waals surface area contributed by atoms with E-state index in [0.717, 1.165) is 75.5 Å². The van der Waals surface area contributed by atoms with Crippen molar-refractivity contribution >= 4 is 15.9 Å². The Morgan fingerprint density at radius 2 is 1.73 bits per heavy atom. The van der Waals surface area contributed by atoms with Crippen molar-refractivity contribution in [2.75, 3.05) is 26.2 Å². The van der Waals surface area contributed by atoms with Gasteiger partial charge in [0, 0.05) is 18.7 Å². The van der Waals surface area contributed by atoms with Crippen molar-refractivity contribution in [2.45, 2.75) is 96.6 Å². The molecule has 1 aliphatic carbocycles. The largest absolute Gasteiger partial charge is 0.412 e. The van der Waals surface area contributed by atoms with E-state index in [0.29, 0.717) is 18.9 Å². The van der Waals surface area contributed by atoms with E-state index < -0.39 is 63.2 Å². The third kappa shape index (κ3) is 8.87. The Kier molecular flexibility index (Phi) is 12.1. The summed E-state index contributed by atoms with van der Waals surface area (Å²) >= 11 is 0. The molecule has 248 valence electrons. The first-order valence-electron chi connectivity index (χ1n) is 15.1. The number of amides is 1. The van der Waals surface area contributed by atoms with Crippen molar-refractivity contribution in [1.82, 2.24) is 14.5 Å². The van der Waals surface area contributed by atoms with Crippen LogP contribution >= 0.6 is 0 Å². The van der Waals surface area contributed by atoms with Gasteiger partial charge in [0.1, 0.15) is 6.04 Å². The minimum atomic E-state index is -5.17. The summed E-state index contributed by atoms with van der Waals surface area (Å²) in [6.07, 6.45) is -0.525. The summed E-state index contributed by atoms with van der Waals surface area (Å²) < 4.78 is 110. The lowest BCUT2D eigenvalue weighted by Crippen LogP contribution is -2.53. The van der Waals surface area contributed by atoms with Gasteiger partial charge in [-0.05, 0) is 89.1 Å². The lowest BCUT2D eigenvalue weighted by molar-refractivity contribution is -0.169. The molecule has 0 aromatic heterocycles. The van der Waals surface area contributed by atoms with Crippen molar-refractivity contribution in [3.63, 3.8) is 0 Å². The lowest BCUT2D eigenvalue weighted by Gasteiger charge is -2.35. The van der Waals surface area contributed by atoms with Crippen LogP contribution in [0, 0.1) is 5.92 Å². The molecule has 2 saturated heterocycles. The first-order valence-corrected chi connectivity index (χ1v) is 16.6. The number of allylic oxidation sites excluding steroid dienone is 5. The molecule has 6 nitrogen and oxygen atoms in total. The highest BCUT2D eigenvalue weighted by molar-refractivity contribution is 7.93. The SMILES string of the molecule is C=CC1=C(/C=C(/C)CN2CCCCC2)CCCC1N1CC[C@H]([C@H](NS(=O)(=O)C(/C=C(\CC)C(F)(F)F)=C/C)C(F)(F)F)C1=O. The number of alkyl halides is 6. The third-order valence-electron chi connectivity index (χ3n) is 8.57. The van der Waals surface area contributed by atoms with E-state index >= 15 is 0 Å². The molecule has 1 amide bonds. The van der Waals surface area contributed by atoms with Gasteiger partial charge in [-0.15, -0.1) is 0 Å². The van der Waals surface area contributed by atoms with Crippen LogP contribution in [0.1, 0.15) is 72.1 Å². The zero-order chi connectivity index (χ0) is 32.9. The number of piperidine rings is 1. The fourth-order valence-corrected chi connectivity index (χ4v) is 7.76. The Bertz CT molecular complexity index is 1290. The molecule has 13 heteroatoms. The van der Waals surface area contributed by atoms with E-state index in [1.807, 2.05) is 6.92 Å². The van der Waals surface area contributed by atoms with Gasteiger partial charge in [0.2, 0.25) is 15.9 Å². The monoisotopic (exact) mass is 651 g/mol. The zero-order valence-electron chi connectivity index (χ0n) is 25.5. The van der Waals surface area contributed by atoms with Crippen LogP contribution in [0.4, 0.5) is 26.3 Å². The molecule has 1 unspecified atom stereocenters. The molecular formula is C31H43F6N3O3S. The molecule has 0 spiro atoms. The summed E-state index contributed by atoms with van der Waals surface area (Å²) in [6.45, 7) is 11.1. The van der Waals surface area contributed by atoms with Gasteiger partial charge in [-0.3, -0.25) is 9.69 Å². The van der Waals surface area contributed by atoms with Gasteiger partial charge >= 0.3 is 12.4 Å². The van der Waals surface area contributed by atoms with E-state index in [-0.39, 0.29) is 13.0 Å². The van der Waals surface area contributed by atoms with Crippen LogP contribution in [0.15, 0.2) is 58.1 Å². The molecule has 2 aliphatic heterocycles. The number of rotatable bonds is 11. The van der Waals surface area contributed by atoms with E-state index in [1.54, 1.807) is 6.08 Å². The lowest BCUT2D eigenvalue weighted by atomic mass is 9.85. The summed E-state index contributed by atoms with van der Waals surface area (Å²) in [5.74, 6) is -2.62. The van der Waals surface area contributed by atoms with Crippen LogP contribution in [0.5, 0.6) is 0 Å². The summed E-state index contributed by atoms with van der Waals surface area (Å²) in [7, 11) is -5.07. The van der Waals surface area contributed by atoms with Gasteiger partial charge in [-0.1, -0.05) is 43.7 Å². The topological polar surface area (TPSA) is 69.7 Å². The van der Waals surface area contributed by atoms with Gasteiger partial charge in [0.05, 0.1) is 16.9 Å². The number of halogens is 6. The summed E-state index contributed by atoms with van der Waals surface area (Å²) in [5.41, 5.74) is 1.69. The van der Waals surface area contributed by atoms with Gasteiger partial charge < -0.3 is 4.90 Å². The fourth-order valence-electron chi connectivity index (χ4n) is 6.39. The van der Waals surface area contributed by atoms with E-state index in [1.165, 1.54) is 16.0 Å². The maximum atomic E-state index is 14.3. The van der Waals surface area contributed by atoms with Gasteiger partial charge in [0.15, 0.2) is 0 Å². The first-order chi connectivity index (χ1) is 20.5. The molecule has 3 atom stereocenters. The number of carbonyl (C=O) groups is 1. The smallest absolute Gasteiger partial charge is 0.335 e. The van der Waals surface area contributed by atoms with Crippen LogP contribution in [0.3, 0.4) is 0 Å². The predicted molar refractivity (Wildman–Crippen MR) is 159 cm³/mol. The molecule has 0 aromatic rings. The maximum Gasteiger partial charge on any atom is 0.412 e. The second-order valence-electron chi connectivity index (χ2n) is 11.7. The Hall–Kier alpha value is -2.38. The first kappa shape index (κ1) is 36.1. The van der Waals surface area contributed by atoms with Gasteiger partial charge in [-0.25, -0.2) is 8.42 Å². The summed E-state index contributed by atoms with van der Waals surface area (Å²) in [5, 5.41) is 0. The molecule has 0 aromatic carbocycles. The number of carbonyl (C=O) groups excluding carboxylic acids is 1. The highest BCUT2D eigenvalue weighted by Gasteiger charge is 2.53. The molecule has 0 saturated carbocycles. The van der Waals surface area contributed by atoms with E-state index in [2.05, 4.69) is 17.6 Å². The second-order valence-corrected chi connectivity index (χ2v) is 13.4. The van der Waals surface area contributed by atoms with Gasteiger partial charge in [0.25, 0.3) is 0 Å². The molecule has 44 heavy (non-hydrogen) atoms. The molecule has 0 bridgehead atoms. The Morgan fingerprint density at radius 3 is 2.27 bits per heavy atom. The van der Waals surface area contributed by atoms with Crippen molar-refractivity contribution in [2.24, 2.45) is 5.92 Å². The average molecular weight is 652 g/mol. The number of likely N-dealkylation sites (tertiary alicyclic amines) is 2. The van der Waals surface area contributed by atoms with E-state index in [9.17, 15) is 39.6 Å². The second kappa shape index (κ2) is 14.8. The van der Waals surface area contributed by atoms with Crippen molar-refractivity contribution in [3.05, 3.63) is 58.1 Å². The number of hydrogen-bond acceptors (Lipinski definition) is 4. The highest BCUT2D eigenvalue weighted by atomic mass is 32.2. The number of nitrogens with one attached hydrogen (secondary N) is 1. The zero-order valence-corrected chi connectivity index (χ0v) is 26.3. The molecule has 3 rings (SSSR count). The molecular weight excluding hydrogens is 608 g/mol. The Morgan fingerprint density at radius 1 is 1.07 bits per heavy atom. The normalized spacial score (nSPS) is 24.7. The molecule has 0 radical (unpaired) electrons. The minimum absolute atomic E-state index is 0.0198. The van der Waals surface area contributed by atoms with Crippen LogP contribution in [0.25, 0.3) is 0 Å². The number of nitrogens with zero attached hydrogens (tertiary/aromatic N) is 2. The standard InChI is InChI=1S/C31H43F6N3O3S/c1-5-23(30(32,33)34)19-24(6-2)44(42,43)38-28(31(35,36)37)26-14-17-40(29(26)41)27-13-11-12-22(25(27)7-3)18-21(4)20-39-15-9-8-10-16-39/h6-7,18-19,26-28,38H,3,5,8-17,20H2,1-2,4H3/b21-18-,23-19+,24-6+/t26-,27?,28+/m1/s1. The van der Waals surface area contributed by atoms with Crippen LogP contribution in [-0.4, -0.2) is 74.7 Å². The summed E-state index contributed by atoms with van der Waals surface area (Å²) in [6, 6.07) is -3.32. The van der Waals surface area contributed by atoms with Gasteiger partial charge in [-0.2, -0.15) is 31.1 Å². The fraction of sp³-hybridized carbons (Fsp3) is 0.645. The Labute approximate surface area is 256 Å². The van der Waals surface area contributed by atoms with Crippen LogP contribution in [-0.2, 0) is 14.8 Å². The van der Waals surface area contributed by atoms with Crippen molar-refractivity contribution in [3.8, 4) is 0 Å². The summed E-state index contributed by atoms with van der Waals surface area (Å²) in [4.78, 5) is 16.4. The third-order valence-corrected chi connectivity index (χ3v) is 10.1. The predicted octanol–water partition coefficient (Wildman–Crippen LogP) is 6.96. The van der Waals surface area contributed by atoms with Crippen molar-refractivity contribution < 1.29 is 39.6 Å². The average Bonchev–Trinajstić information content (AvgIpc) is 3.31. The Balaban J connectivity index is 1.86. The highest BCUT2D eigenvalue weighted by Crippen LogP contribution is 2.39. The van der Waals surface area contributed by atoms with Crippen molar-refractivity contribution in [1.29, 1.82) is 0 Å². The molecule has 3 aliphatic rings. The molecule has 2 heterocycles. The molecule has 2 fully saturated rings. The number of sulfonamides is 1.